The van der Waals surface area contributed by atoms with Crippen LogP contribution in [-0.4, -0.2) is 19.9 Å². The highest BCUT2D eigenvalue weighted by Crippen LogP contribution is 2.29. The number of aliphatic hydroxyl groups is 1. The summed E-state index contributed by atoms with van der Waals surface area (Å²) in [5, 5.41) is 17.7. The molecule has 0 spiro atoms. The van der Waals surface area contributed by atoms with Crippen LogP contribution >= 0.6 is 11.6 Å². The molecule has 0 bridgehead atoms. The Morgan fingerprint density at radius 3 is 2.83 bits per heavy atom. The number of anilines is 1. The van der Waals surface area contributed by atoms with Gasteiger partial charge in [0.1, 0.15) is 0 Å². The number of pyridine rings is 1. The number of aliphatic hydroxyl groups excluding tert-OH is 1. The zero-order valence-corrected chi connectivity index (χ0v) is 14.3. The lowest BCUT2D eigenvalue weighted by atomic mass is 10.1. The first-order valence-corrected chi connectivity index (χ1v) is 8.09. The molecule has 124 valence electrons. The topological polar surface area (TPSA) is 63.0 Å². The number of hydrogen-bond acceptors (Lipinski definition) is 4. The number of halogens is 1. The van der Waals surface area contributed by atoms with Gasteiger partial charge in [-0.25, -0.2) is 9.67 Å². The van der Waals surface area contributed by atoms with Gasteiger partial charge in [0.05, 0.1) is 29.6 Å². The van der Waals surface area contributed by atoms with E-state index in [1.54, 1.807) is 12.3 Å². The molecule has 0 aliphatic rings. The third kappa shape index (κ3) is 3.27. The van der Waals surface area contributed by atoms with Crippen LogP contribution in [-0.2, 0) is 6.61 Å². The van der Waals surface area contributed by atoms with Crippen LogP contribution in [0, 0.1) is 6.92 Å². The Morgan fingerprint density at radius 2 is 2.12 bits per heavy atom. The molecule has 24 heavy (non-hydrogen) atoms. The van der Waals surface area contributed by atoms with Gasteiger partial charge >= 0.3 is 0 Å². The van der Waals surface area contributed by atoms with Gasteiger partial charge in [0.2, 0.25) is 0 Å². The summed E-state index contributed by atoms with van der Waals surface area (Å²) in [6.07, 6.45) is 3.59. The molecule has 2 heterocycles. The molecule has 0 saturated carbocycles. The fourth-order valence-corrected chi connectivity index (χ4v) is 2.82. The van der Waals surface area contributed by atoms with Crippen LogP contribution in [0.4, 0.5) is 5.69 Å². The van der Waals surface area contributed by atoms with Crippen molar-refractivity contribution in [2.75, 3.05) is 5.32 Å². The second-order valence-electron chi connectivity index (χ2n) is 5.62. The van der Waals surface area contributed by atoms with Crippen molar-refractivity contribution in [3.8, 4) is 5.82 Å². The number of hydrogen-bond donors (Lipinski definition) is 2. The Labute approximate surface area is 145 Å². The summed E-state index contributed by atoms with van der Waals surface area (Å²) in [5.74, 6) is 0.786. The van der Waals surface area contributed by atoms with Crippen molar-refractivity contribution in [1.82, 2.24) is 14.8 Å². The van der Waals surface area contributed by atoms with Gasteiger partial charge in [-0.1, -0.05) is 23.7 Å². The van der Waals surface area contributed by atoms with Gasteiger partial charge < -0.3 is 10.4 Å². The average molecular weight is 343 g/mol. The van der Waals surface area contributed by atoms with Crippen LogP contribution in [0.5, 0.6) is 0 Å². The maximum absolute atomic E-state index is 9.29. The van der Waals surface area contributed by atoms with E-state index in [1.165, 1.54) is 0 Å². The first-order valence-electron chi connectivity index (χ1n) is 7.72. The minimum absolute atomic E-state index is 0.00825. The quantitative estimate of drug-likeness (QED) is 0.738. The summed E-state index contributed by atoms with van der Waals surface area (Å²) in [7, 11) is 0. The van der Waals surface area contributed by atoms with Gasteiger partial charge in [-0.2, -0.15) is 5.10 Å². The van der Waals surface area contributed by atoms with Crippen molar-refractivity contribution in [3.05, 3.63) is 70.6 Å². The third-order valence-corrected chi connectivity index (χ3v) is 4.30. The summed E-state index contributed by atoms with van der Waals surface area (Å²) >= 11 is 6.25. The molecule has 2 aromatic heterocycles. The lowest BCUT2D eigenvalue weighted by Crippen LogP contribution is -2.09. The number of aromatic nitrogens is 3. The lowest BCUT2D eigenvalue weighted by Gasteiger charge is -2.17. The van der Waals surface area contributed by atoms with E-state index in [4.69, 9.17) is 11.6 Å². The standard InChI is InChI=1S/C18H19ClN4O/c1-12(22-17-9-14(11-24)6-7-16(17)19)15-10-21-23(13(15)2)18-5-3-4-8-20-18/h3-10,12,22,24H,11H2,1-2H3. The molecule has 0 amide bonds. The maximum Gasteiger partial charge on any atom is 0.153 e. The van der Waals surface area contributed by atoms with Crippen molar-refractivity contribution < 1.29 is 5.11 Å². The van der Waals surface area contributed by atoms with Gasteiger partial charge in [0, 0.05) is 17.5 Å². The number of nitrogens with one attached hydrogen (secondary N) is 1. The van der Waals surface area contributed by atoms with E-state index >= 15 is 0 Å². The van der Waals surface area contributed by atoms with Gasteiger partial charge in [-0.05, 0) is 43.7 Å². The van der Waals surface area contributed by atoms with Crippen molar-refractivity contribution in [2.45, 2.75) is 26.5 Å². The molecule has 0 aliphatic carbocycles. The largest absolute Gasteiger partial charge is 0.392 e. The molecule has 0 aliphatic heterocycles. The summed E-state index contributed by atoms with van der Waals surface area (Å²) in [6.45, 7) is 4.05. The van der Waals surface area contributed by atoms with E-state index in [-0.39, 0.29) is 12.6 Å². The second kappa shape index (κ2) is 7.03. The monoisotopic (exact) mass is 342 g/mol. The van der Waals surface area contributed by atoms with E-state index in [2.05, 4.69) is 22.3 Å². The van der Waals surface area contributed by atoms with Crippen LogP contribution in [0.15, 0.2) is 48.8 Å². The molecule has 0 radical (unpaired) electrons. The van der Waals surface area contributed by atoms with Gasteiger partial charge in [0.25, 0.3) is 0 Å². The number of rotatable bonds is 5. The molecule has 3 rings (SSSR count). The molecule has 1 unspecified atom stereocenters. The predicted molar refractivity (Wildman–Crippen MR) is 95.5 cm³/mol. The molecule has 2 N–H and O–H groups in total. The second-order valence-corrected chi connectivity index (χ2v) is 6.03. The van der Waals surface area contributed by atoms with E-state index < -0.39 is 0 Å². The average Bonchev–Trinajstić information content (AvgIpc) is 2.99. The fourth-order valence-electron chi connectivity index (χ4n) is 2.65. The van der Waals surface area contributed by atoms with Gasteiger partial charge in [-0.15, -0.1) is 0 Å². The van der Waals surface area contributed by atoms with Crippen LogP contribution in [0.2, 0.25) is 5.02 Å². The van der Waals surface area contributed by atoms with E-state index in [0.717, 1.165) is 28.3 Å². The van der Waals surface area contributed by atoms with Crippen LogP contribution in [0.25, 0.3) is 5.82 Å². The molecule has 6 heteroatoms. The van der Waals surface area contributed by atoms with E-state index in [9.17, 15) is 5.11 Å². The fraction of sp³-hybridized carbons (Fsp3) is 0.222. The maximum atomic E-state index is 9.29. The Hall–Kier alpha value is -2.37. The lowest BCUT2D eigenvalue weighted by molar-refractivity contribution is 0.282. The van der Waals surface area contributed by atoms with E-state index in [0.29, 0.717) is 5.02 Å². The smallest absolute Gasteiger partial charge is 0.153 e. The highest BCUT2D eigenvalue weighted by Gasteiger charge is 2.15. The minimum atomic E-state index is -0.0170. The molecular formula is C18H19ClN4O. The summed E-state index contributed by atoms with van der Waals surface area (Å²) in [6, 6.07) is 11.2. The summed E-state index contributed by atoms with van der Waals surface area (Å²) in [4.78, 5) is 4.33. The highest BCUT2D eigenvalue weighted by molar-refractivity contribution is 6.33. The SMILES string of the molecule is Cc1c(C(C)Nc2cc(CO)ccc2Cl)cnn1-c1ccccn1. The van der Waals surface area contributed by atoms with Crippen LogP contribution < -0.4 is 5.32 Å². The first-order chi connectivity index (χ1) is 11.6. The zero-order valence-electron chi connectivity index (χ0n) is 13.6. The summed E-state index contributed by atoms with van der Waals surface area (Å²) < 4.78 is 1.82. The molecule has 0 saturated heterocycles. The molecule has 1 aromatic carbocycles. The van der Waals surface area contributed by atoms with Crippen LogP contribution in [0.1, 0.15) is 29.8 Å². The highest BCUT2D eigenvalue weighted by atomic mass is 35.5. The molecule has 5 nitrogen and oxygen atoms in total. The predicted octanol–water partition coefficient (Wildman–Crippen LogP) is 3.89. The van der Waals surface area contributed by atoms with Crippen molar-refractivity contribution in [1.29, 1.82) is 0 Å². The third-order valence-electron chi connectivity index (χ3n) is 3.97. The van der Waals surface area contributed by atoms with Crippen LogP contribution in [0.3, 0.4) is 0 Å². The molecule has 1 atom stereocenters. The van der Waals surface area contributed by atoms with Crippen molar-refractivity contribution >= 4 is 17.3 Å². The van der Waals surface area contributed by atoms with Gasteiger partial charge in [0.15, 0.2) is 5.82 Å². The molecule has 3 aromatic rings. The normalized spacial score (nSPS) is 12.2. The van der Waals surface area contributed by atoms with Crippen molar-refractivity contribution in [2.24, 2.45) is 0 Å². The molecular weight excluding hydrogens is 324 g/mol. The number of benzene rings is 1. The Balaban J connectivity index is 1.86. The van der Waals surface area contributed by atoms with Gasteiger partial charge in [-0.3, -0.25) is 0 Å². The Bertz CT molecular complexity index is 832. The first kappa shape index (κ1) is 16.5. The molecule has 0 fully saturated rings. The Morgan fingerprint density at radius 1 is 1.29 bits per heavy atom. The Kier molecular flexibility index (Phi) is 4.83. The summed E-state index contributed by atoms with van der Waals surface area (Å²) in [5.41, 5.74) is 3.69. The zero-order chi connectivity index (χ0) is 17.1. The minimum Gasteiger partial charge on any atom is -0.392 e. The van der Waals surface area contributed by atoms with Crippen molar-refractivity contribution in [3.63, 3.8) is 0 Å². The van der Waals surface area contributed by atoms with E-state index in [1.807, 2.05) is 48.1 Å². The number of nitrogens with zero attached hydrogens (tertiary/aromatic N) is 3.